The molecule has 0 heterocycles. The van der Waals surface area contributed by atoms with Crippen LogP contribution in [0.2, 0.25) is 0 Å². The maximum absolute atomic E-state index is 8.01. The van der Waals surface area contributed by atoms with Gasteiger partial charge in [0, 0.05) is 23.2 Å². The van der Waals surface area contributed by atoms with E-state index in [1.807, 2.05) is 12.1 Å². The second kappa shape index (κ2) is 9.59. The Morgan fingerprint density at radius 2 is 2.12 bits per heavy atom. The average molecular weight is 259 g/mol. The maximum Gasteiger partial charge on any atom is 0.121 e. The smallest absolute Gasteiger partial charge is 0.121 e. The van der Waals surface area contributed by atoms with Gasteiger partial charge in [-0.2, -0.15) is 0 Å². The highest BCUT2D eigenvalue weighted by molar-refractivity contribution is 5.85. The van der Waals surface area contributed by atoms with Crippen molar-refractivity contribution in [3.63, 3.8) is 0 Å². The van der Waals surface area contributed by atoms with E-state index >= 15 is 0 Å². The van der Waals surface area contributed by atoms with Crippen LogP contribution in [0, 0.1) is 0 Å². The van der Waals surface area contributed by atoms with Crippen LogP contribution < -0.4 is 10.5 Å². The molecule has 0 fully saturated rings. The quantitative estimate of drug-likeness (QED) is 0.267. The Hall–Kier alpha value is -1.62. The van der Waals surface area contributed by atoms with Crippen molar-refractivity contribution in [3.8, 4) is 5.75 Å². The number of hydrogen-bond acceptors (Lipinski definition) is 4. The van der Waals surface area contributed by atoms with Gasteiger partial charge < -0.3 is 15.2 Å². The van der Waals surface area contributed by atoms with Crippen LogP contribution in [-0.4, -0.2) is 26.4 Å². The minimum absolute atomic E-state index is 0. The summed E-state index contributed by atoms with van der Waals surface area (Å²) in [7, 11) is 0. The van der Waals surface area contributed by atoms with Gasteiger partial charge in [0.05, 0.1) is 13.2 Å². The van der Waals surface area contributed by atoms with E-state index in [-0.39, 0.29) is 12.4 Å². The predicted molar refractivity (Wildman–Crippen MR) is 68.4 cm³/mol. The fraction of sp³-hybridized carbons (Fsp3) is 0.400. The van der Waals surface area contributed by atoms with Crippen molar-refractivity contribution >= 4 is 18.1 Å². The molecule has 0 aromatic heterocycles. The van der Waals surface area contributed by atoms with Gasteiger partial charge in [0.25, 0.3) is 0 Å². The van der Waals surface area contributed by atoms with Gasteiger partial charge in [0.15, 0.2) is 0 Å². The third-order valence-corrected chi connectivity index (χ3v) is 1.75. The summed E-state index contributed by atoms with van der Waals surface area (Å²) < 4.78 is 10.6. The summed E-state index contributed by atoms with van der Waals surface area (Å²) in [6, 6.07) is 7.20. The van der Waals surface area contributed by atoms with E-state index in [0.717, 1.165) is 5.75 Å². The standard InChI is InChI=1S/C10H14N4O2.ClH/c11-9-2-1-3-10(8-9)16-7-6-15-5-4-13-14-12;/h1-3,8H,4-7,11H2;1H. The number of nitrogens with zero attached hydrogens (tertiary/aromatic N) is 3. The highest BCUT2D eigenvalue weighted by Crippen LogP contribution is 2.13. The van der Waals surface area contributed by atoms with E-state index < -0.39 is 0 Å². The van der Waals surface area contributed by atoms with Gasteiger partial charge in [-0.25, -0.2) is 0 Å². The summed E-state index contributed by atoms with van der Waals surface area (Å²) in [5.41, 5.74) is 14.3. The van der Waals surface area contributed by atoms with Gasteiger partial charge in [-0.1, -0.05) is 11.2 Å². The Labute approximate surface area is 106 Å². The molecule has 17 heavy (non-hydrogen) atoms. The molecular weight excluding hydrogens is 244 g/mol. The normalized spacial score (nSPS) is 8.94. The third-order valence-electron chi connectivity index (χ3n) is 1.75. The van der Waals surface area contributed by atoms with E-state index in [9.17, 15) is 0 Å². The van der Waals surface area contributed by atoms with E-state index in [4.69, 9.17) is 20.7 Å². The van der Waals surface area contributed by atoms with Crippen molar-refractivity contribution in [2.75, 3.05) is 32.1 Å². The average Bonchev–Trinajstić information content (AvgIpc) is 2.28. The Bertz CT molecular complexity index is 369. The molecule has 6 nitrogen and oxygen atoms in total. The lowest BCUT2D eigenvalue weighted by atomic mass is 10.3. The van der Waals surface area contributed by atoms with Crippen molar-refractivity contribution in [2.45, 2.75) is 0 Å². The van der Waals surface area contributed by atoms with Crippen LogP contribution in [-0.2, 0) is 4.74 Å². The lowest BCUT2D eigenvalue weighted by molar-refractivity contribution is 0.106. The number of rotatable bonds is 7. The number of nitrogen functional groups attached to an aromatic ring is 1. The molecule has 2 N–H and O–H groups in total. The molecule has 0 radical (unpaired) electrons. The Balaban J connectivity index is 0.00000256. The molecule has 7 heteroatoms. The summed E-state index contributed by atoms with van der Waals surface area (Å²) in [6.07, 6.45) is 0. The molecule has 0 aliphatic carbocycles. The summed E-state index contributed by atoms with van der Waals surface area (Å²) in [4.78, 5) is 2.61. The molecule has 0 atom stereocenters. The van der Waals surface area contributed by atoms with Crippen molar-refractivity contribution in [1.29, 1.82) is 0 Å². The molecule has 94 valence electrons. The molecule has 0 aliphatic rings. The highest BCUT2D eigenvalue weighted by Gasteiger charge is 1.94. The molecule has 0 saturated heterocycles. The van der Waals surface area contributed by atoms with Crippen LogP contribution in [0.25, 0.3) is 10.4 Å². The SMILES string of the molecule is Cl.[N-]=[N+]=NCCOCCOc1cccc(N)c1. The van der Waals surface area contributed by atoms with Gasteiger partial charge >= 0.3 is 0 Å². The van der Waals surface area contributed by atoms with Crippen molar-refractivity contribution < 1.29 is 9.47 Å². The zero-order chi connectivity index (χ0) is 11.6. The van der Waals surface area contributed by atoms with Crippen LogP contribution >= 0.6 is 12.4 Å². The third kappa shape index (κ3) is 7.30. The van der Waals surface area contributed by atoms with Crippen LogP contribution in [0.4, 0.5) is 5.69 Å². The number of benzene rings is 1. The molecule has 1 rings (SSSR count). The molecule has 1 aromatic carbocycles. The summed E-state index contributed by atoms with van der Waals surface area (Å²) in [5.74, 6) is 0.721. The van der Waals surface area contributed by atoms with Gasteiger partial charge in [0.2, 0.25) is 0 Å². The number of ether oxygens (including phenoxy) is 2. The molecule has 0 saturated carbocycles. The Kier molecular flexibility index (Phi) is 8.68. The van der Waals surface area contributed by atoms with E-state index in [0.29, 0.717) is 32.1 Å². The molecule has 0 bridgehead atoms. The first-order valence-electron chi connectivity index (χ1n) is 4.90. The molecule has 0 amide bonds. The number of hydrogen-bond donors (Lipinski definition) is 1. The van der Waals surface area contributed by atoms with E-state index in [1.165, 1.54) is 0 Å². The zero-order valence-corrected chi connectivity index (χ0v) is 10.1. The van der Waals surface area contributed by atoms with E-state index in [2.05, 4.69) is 10.0 Å². The second-order valence-corrected chi connectivity index (χ2v) is 2.99. The lowest BCUT2D eigenvalue weighted by Crippen LogP contribution is -2.08. The molecule has 0 unspecified atom stereocenters. The monoisotopic (exact) mass is 258 g/mol. The van der Waals surface area contributed by atoms with Gasteiger partial charge in [0.1, 0.15) is 12.4 Å². The first-order valence-corrected chi connectivity index (χ1v) is 4.90. The van der Waals surface area contributed by atoms with Crippen molar-refractivity contribution in [3.05, 3.63) is 34.7 Å². The number of nitrogens with two attached hydrogens (primary N) is 1. The Morgan fingerprint density at radius 1 is 1.29 bits per heavy atom. The molecule has 1 aromatic rings. The van der Waals surface area contributed by atoms with Crippen LogP contribution in [0.5, 0.6) is 5.75 Å². The van der Waals surface area contributed by atoms with Crippen LogP contribution in [0.15, 0.2) is 29.4 Å². The van der Waals surface area contributed by atoms with E-state index in [1.54, 1.807) is 12.1 Å². The number of azide groups is 1. The fourth-order valence-electron chi connectivity index (χ4n) is 1.07. The first kappa shape index (κ1) is 15.4. The highest BCUT2D eigenvalue weighted by atomic mass is 35.5. The fourth-order valence-corrected chi connectivity index (χ4v) is 1.07. The molecular formula is C10H15ClN4O2. The van der Waals surface area contributed by atoms with Gasteiger partial charge in [-0.05, 0) is 17.7 Å². The van der Waals surface area contributed by atoms with Crippen molar-refractivity contribution in [2.24, 2.45) is 5.11 Å². The minimum Gasteiger partial charge on any atom is -0.491 e. The van der Waals surface area contributed by atoms with Crippen LogP contribution in [0.1, 0.15) is 0 Å². The molecule has 0 spiro atoms. The number of halogens is 1. The summed E-state index contributed by atoms with van der Waals surface area (Å²) >= 11 is 0. The Morgan fingerprint density at radius 3 is 2.82 bits per heavy atom. The summed E-state index contributed by atoms with van der Waals surface area (Å²) in [6.45, 7) is 1.65. The lowest BCUT2D eigenvalue weighted by Gasteiger charge is -2.06. The van der Waals surface area contributed by atoms with Crippen molar-refractivity contribution in [1.82, 2.24) is 0 Å². The minimum atomic E-state index is 0. The predicted octanol–water partition coefficient (Wildman–Crippen LogP) is 2.40. The topological polar surface area (TPSA) is 93.2 Å². The number of anilines is 1. The zero-order valence-electron chi connectivity index (χ0n) is 9.28. The summed E-state index contributed by atoms with van der Waals surface area (Å²) in [5, 5.41) is 3.34. The maximum atomic E-state index is 8.01. The van der Waals surface area contributed by atoms with Crippen LogP contribution in [0.3, 0.4) is 0 Å². The molecule has 0 aliphatic heterocycles. The van der Waals surface area contributed by atoms with Gasteiger partial charge in [-0.3, -0.25) is 0 Å². The first-order chi connectivity index (χ1) is 7.83. The largest absolute Gasteiger partial charge is 0.491 e. The second-order valence-electron chi connectivity index (χ2n) is 2.99. The van der Waals surface area contributed by atoms with Gasteiger partial charge in [-0.15, -0.1) is 12.4 Å².